The van der Waals surface area contributed by atoms with Crippen LogP contribution in [0.25, 0.3) is 0 Å². The molecule has 0 fully saturated rings. The summed E-state index contributed by atoms with van der Waals surface area (Å²) in [6, 6.07) is 3.67. The fourth-order valence-electron chi connectivity index (χ4n) is 0.530. The number of halogens is 3. The van der Waals surface area contributed by atoms with Gasteiger partial charge in [0.1, 0.15) is 5.69 Å². The molecular weight excluding hydrogens is 171 g/mol. The zero-order valence-electron chi connectivity index (χ0n) is 6.34. The molecule has 0 aliphatic rings. The molecule has 0 aliphatic heterocycles. The lowest BCUT2D eigenvalue weighted by atomic mass is 10.3. The van der Waals surface area contributed by atoms with E-state index in [1.165, 1.54) is 12.1 Å². The summed E-state index contributed by atoms with van der Waals surface area (Å²) < 4.78 is 35.2. The van der Waals surface area contributed by atoms with E-state index >= 15 is 0 Å². The molecular formula is C7H8F3NO. The van der Waals surface area contributed by atoms with Gasteiger partial charge in [-0.2, -0.15) is 13.2 Å². The summed E-state index contributed by atoms with van der Waals surface area (Å²) in [5.74, 6) is 0. The summed E-state index contributed by atoms with van der Waals surface area (Å²) in [6.45, 7) is 0. The molecule has 1 heterocycles. The Bertz CT molecular complexity index is 210. The minimum absolute atomic E-state index is 0.852. The molecule has 68 valence electrons. The summed E-state index contributed by atoms with van der Waals surface area (Å²) in [5.41, 5.74) is -0.852. The maximum atomic E-state index is 11.7. The summed E-state index contributed by atoms with van der Waals surface area (Å²) in [4.78, 5) is 3.12. The van der Waals surface area contributed by atoms with E-state index in [0.717, 1.165) is 19.4 Å². The van der Waals surface area contributed by atoms with Gasteiger partial charge in [-0.25, -0.2) is 0 Å². The summed E-state index contributed by atoms with van der Waals surface area (Å²) >= 11 is 0. The molecule has 0 amide bonds. The van der Waals surface area contributed by atoms with Crippen LogP contribution in [0.2, 0.25) is 0 Å². The normalized spacial score (nSPS) is 10.1. The Morgan fingerprint density at radius 2 is 1.83 bits per heavy atom. The minimum Gasteiger partial charge on any atom is -0.400 e. The van der Waals surface area contributed by atoms with Gasteiger partial charge in [0.25, 0.3) is 0 Å². The van der Waals surface area contributed by atoms with Crippen LogP contribution in [0, 0.1) is 0 Å². The van der Waals surface area contributed by atoms with Crippen LogP contribution < -0.4 is 0 Å². The van der Waals surface area contributed by atoms with Crippen LogP contribution in [0.5, 0.6) is 0 Å². The smallest absolute Gasteiger partial charge is 0.400 e. The second-order valence-corrected chi connectivity index (χ2v) is 1.71. The van der Waals surface area contributed by atoms with Crippen molar-refractivity contribution in [3.8, 4) is 0 Å². The number of aromatic nitrogens is 1. The van der Waals surface area contributed by atoms with Crippen LogP contribution in [0.15, 0.2) is 24.4 Å². The highest BCUT2D eigenvalue weighted by molar-refractivity contribution is 5.06. The molecule has 1 rings (SSSR count). The summed E-state index contributed by atoms with van der Waals surface area (Å²) in [5, 5.41) is 7.00. The molecule has 0 bridgehead atoms. The molecule has 1 N–H and O–H groups in total. The van der Waals surface area contributed by atoms with Crippen molar-refractivity contribution in [2.24, 2.45) is 0 Å². The third kappa shape index (κ3) is 3.34. The summed E-state index contributed by atoms with van der Waals surface area (Å²) in [6.07, 6.45) is -3.20. The van der Waals surface area contributed by atoms with E-state index in [1.54, 1.807) is 0 Å². The number of hydrogen-bond acceptors (Lipinski definition) is 2. The van der Waals surface area contributed by atoms with Crippen molar-refractivity contribution in [1.82, 2.24) is 4.98 Å². The summed E-state index contributed by atoms with van der Waals surface area (Å²) in [7, 11) is 1.00. The van der Waals surface area contributed by atoms with Crippen molar-refractivity contribution in [2.75, 3.05) is 7.11 Å². The van der Waals surface area contributed by atoms with Gasteiger partial charge in [0, 0.05) is 13.3 Å². The average molecular weight is 179 g/mol. The van der Waals surface area contributed by atoms with Gasteiger partial charge >= 0.3 is 6.18 Å². The number of hydrogen-bond donors (Lipinski definition) is 1. The van der Waals surface area contributed by atoms with Crippen LogP contribution in [0.3, 0.4) is 0 Å². The molecule has 0 saturated heterocycles. The molecule has 0 radical (unpaired) electrons. The predicted molar refractivity (Wildman–Crippen MR) is 37.4 cm³/mol. The van der Waals surface area contributed by atoms with Crippen LogP contribution in [-0.2, 0) is 6.18 Å². The quantitative estimate of drug-likeness (QED) is 0.657. The van der Waals surface area contributed by atoms with Gasteiger partial charge in [0.15, 0.2) is 0 Å². The van der Waals surface area contributed by atoms with Crippen molar-refractivity contribution >= 4 is 0 Å². The molecule has 0 spiro atoms. The van der Waals surface area contributed by atoms with Gasteiger partial charge in [-0.1, -0.05) is 6.07 Å². The fraction of sp³-hybridized carbons (Fsp3) is 0.286. The van der Waals surface area contributed by atoms with Crippen LogP contribution >= 0.6 is 0 Å². The lowest BCUT2D eigenvalue weighted by molar-refractivity contribution is -0.141. The third-order valence-electron chi connectivity index (χ3n) is 0.955. The molecule has 0 saturated carbocycles. The van der Waals surface area contributed by atoms with Gasteiger partial charge in [-0.15, -0.1) is 0 Å². The van der Waals surface area contributed by atoms with Gasteiger partial charge in [0.05, 0.1) is 0 Å². The number of nitrogens with zero attached hydrogens (tertiary/aromatic N) is 1. The van der Waals surface area contributed by atoms with E-state index in [4.69, 9.17) is 5.11 Å². The first-order valence-corrected chi connectivity index (χ1v) is 3.03. The SMILES string of the molecule is CO.FC(F)(F)c1ccccn1. The van der Waals surface area contributed by atoms with Crippen molar-refractivity contribution in [2.45, 2.75) is 6.18 Å². The Hall–Kier alpha value is -1.10. The van der Waals surface area contributed by atoms with Gasteiger partial charge in [-0.3, -0.25) is 4.98 Å². The van der Waals surface area contributed by atoms with E-state index in [0.29, 0.717) is 0 Å². The van der Waals surface area contributed by atoms with Crippen molar-refractivity contribution < 1.29 is 18.3 Å². The van der Waals surface area contributed by atoms with Gasteiger partial charge < -0.3 is 5.11 Å². The number of rotatable bonds is 0. The molecule has 5 heteroatoms. The zero-order valence-corrected chi connectivity index (χ0v) is 6.34. The van der Waals surface area contributed by atoms with E-state index in [9.17, 15) is 13.2 Å². The first-order valence-electron chi connectivity index (χ1n) is 3.03. The molecule has 1 aromatic rings. The highest BCUT2D eigenvalue weighted by Crippen LogP contribution is 2.26. The molecule has 0 unspecified atom stereocenters. The van der Waals surface area contributed by atoms with Crippen LogP contribution in [-0.4, -0.2) is 17.2 Å². The number of pyridine rings is 1. The first kappa shape index (κ1) is 10.9. The zero-order chi connectivity index (χ0) is 9.61. The fourth-order valence-corrected chi connectivity index (χ4v) is 0.530. The van der Waals surface area contributed by atoms with Crippen molar-refractivity contribution in [3.05, 3.63) is 30.1 Å². The van der Waals surface area contributed by atoms with E-state index in [1.807, 2.05) is 0 Å². The number of alkyl halides is 3. The maximum absolute atomic E-state index is 11.7. The topological polar surface area (TPSA) is 33.1 Å². The highest BCUT2D eigenvalue weighted by atomic mass is 19.4. The lowest BCUT2D eigenvalue weighted by Crippen LogP contribution is -2.06. The van der Waals surface area contributed by atoms with Crippen LogP contribution in [0.1, 0.15) is 5.69 Å². The standard InChI is InChI=1S/C6H4F3N.CH4O/c7-6(8,9)5-3-1-2-4-10-5;1-2/h1-4H;2H,1H3. The Morgan fingerprint density at radius 3 is 2.08 bits per heavy atom. The molecule has 2 nitrogen and oxygen atoms in total. The molecule has 12 heavy (non-hydrogen) atoms. The van der Waals surface area contributed by atoms with E-state index < -0.39 is 11.9 Å². The molecule has 0 aliphatic carbocycles. The van der Waals surface area contributed by atoms with Crippen molar-refractivity contribution in [1.29, 1.82) is 0 Å². The average Bonchev–Trinajstić information content (AvgIpc) is 2.08. The Balaban J connectivity index is 0.000000561. The maximum Gasteiger partial charge on any atom is 0.433 e. The van der Waals surface area contributed by atoms with E-state index in [2.05, 4.69) is 4.98 Å². The molecule has 0 atom stereocenters. The third-order valence-corrected chi connectivity index (χ3v) is 0.955. The molecule has 1 aromatic heterocycles. The lowest BCUT2D eigenvalue weighted by Gasteiger charge is -2.02. The second kappa shape index (κ2) is 4.71. The van der Waals surface area contributed by atoms with Gasteiger partial charge in [-0.05, 0) is 12.1 Å². The minimum atomic E-state index is -4.32. The van der Waals surface area contributed by atoms with Crippen LogP contribution in [0.4, 0.5) is 13.2 Å². The molecule has 0 aromatic carbocycles. The Morgan fingerprint density at radius 1 is 1.25 bits per heavy atom. The van der Waals surface area contributed by atoms with E-state index in [-0.39, 0.29) is 0 Å². The monoisotopic (exact) mass is 179 g/mol. The highest BCUT2D eigenvalue weighted by Gasteiger charge is 2.31. The number of aliphatic hydroxyl groups excluding tert-OH is 1. The first-order chi connectivity index (χ1) is 5.61. The second-order valence-electron chi connectivity index (χ2n) is 1.71. The number of aliphatic hydroxyl groups is 1. The van der Waals surface area contributed by atoms with Gasteiger partial charge in [0.2, 0.25) is 0 Å². The Kier molecular flexibility index (Phi) is 4.28. The predicted octanol–water partition coefficient (Wildman–Crippen LogP) is 1.71. The largest absolute Gasteiger partial charge is 0.433 e. The van der Waals surface area contributed by atoms with Crippen molar-refractivity contribution in [3.63, 3.8) is 0 Å². The Labute approximate surface area is 67.7 Å².